The van der Waals surface area contributed by atoms with Crippen molar-refractivity contribution >= 4 is 17.2 Å². The largest absolute Gasteiger partial charge is 0.364 e. The van der Waals surface area contributed by atoms with Crippen molar-refractivity contribution in [2.45, 2.75) is 44.4 Å². The number of hydrogen-bond donors (Lipinski definition) is 2. The van der Waals surface area contributed by atoms with Crippen LogP contribution in [-0.2, 0) is 15.1 Å². The molecular weight excluding hydrogens is 250 g/mol. The standard InChI is InChI=1S/C12H19N3O2S/c1-12(2,11-14-5-6-18-11)15-10(16)9-4-3-8(7-13)17-9/h5-6,8-9H,3-4,7,13H2,1-2H3,(H,15,16). The Labute approximate surface area is 111 Å². The first kappa shape index (κ1) is 13.5. The molecule has 100 valence electrons. The lowest BCUT2D eigenvalue weighted by Crippen LogP contribution is -2.46. The van der Waals surface area contributed by atoms with Gasteiger partial charge < -0.3 is 15.8 Å². The Hall–Kier alpha value is -0.980. The number of carbonyl (C=O) groups is 1. The maximum atomic E-state index is 12.1. The fourth-order valence-electron chi connectivity index (χ4n) is 2.05. The Kier molecular flexibility index (Phi) is 3.99. The first-order valence-electron chi connectivity index (χ1n) is 6.10. The highest BCUT2D eigenvalue weighted by Crippen LogP contribution is 2.24. The van der Waals surface area contributed by atoms with Gasteiger partial charge in [0, 0.05) is 18.1 Å². The van der Waals surface area contributed by atoms with E-state index in [1.54, 1.807) is 6.20 Å². The van der Waals surface area contributed by atoms with E-state index in [4.69, 9.17) is 10.5 Å². The smallest absolute Gasteiger partial charge is 0.249 e. The van der Waals surface area contributed by atoms with E-state index in [1.165, 1.54) is 11.3 Å². The quantitative estimate of drug-likeness (QED) is 0.855. The van der Waals surface area contributed by atoms with E-state index >= 15 is 0 Å². The lowest BCUT2D eigenvalue weighted by atomic mass is 10.1. The number of rotatable bonds is 4. The van der Waals surface area contributed by atoms with Crippen molar-refractivity contribution < 1.29 is 9.53 Å². The van der Waals surface area contributed by atoms with Gasteiger partial charge in [-0.15, -0.1) is 11.3 Å². The minimum atomic E-state index is -0.463. The van der Waals surface area contributed by atoms with Crippen LogP contribution < -0.4 is 11.1 Å². The number of thiazole rings is 1. The number of nitrogens with zero attached hydrogens (tertiary/aromatic N) is 1. The first-order valence-corrected chi connectivity index (χ1v) is 6.98. The molecule has 2 unspecified atom stereocenters. The predicted octanol–water partition coefficient (Wildman–Crippen LogP) is 1.00. The van der Waals surface area contributed by atoms with E-state index in [-0.39, 0.29) is 18.1 Å². The third-order valence-electron chi connectivity index (χ3n) is 3.07. The molecular formula is C12H19N3O2S. The van der Waals surface area contributed by atoms with Crippen LogP contribution in [0.25, 0.3) is 0 Å². The molecule has 5 nitrogen and oxygen atoms in total. The second-order valence-electron chi connectivity index (χ2n) is 5.01. The van der Waals surface area contributed by atoms with Crippen LogP contribution >= 0.6 is 11.3 Å². The monoisotopic (exact) mass is 269 g/mol. The predicted molar refractivity (Wildman–Crippen MR) is 70.2 cm³/mol. The van der Waals surface area contributed by atoms with Crippen LogP contribution in [0.5, 0.6) is 0 Å². The van der Waals surface area contributed by atoms with E-state index in [1.807, 2.05) is 19.2 Å². The molecule has 3 N–H and O–H groups in total. The maximum absolute atomic E-state index is 12.1. The number of nitrogens with one attached hydrogen (secondary N) is 1. The molecule has 0 bridgehead atoms. The van der Waals surface area contributed by atoms with Crippen LogP contribution in [0.4, 0.5) is 0 Å². The van der Waals surface area contributed by atoms with Crippen LogP contribution in [0, 0.1) is 0 Å². The summed E-state index contributed by atoms with van der Waals surface area (Å²) in [7, 11) is 0. The normalized spacial score (nSPS) is 24.2. The van der Waals surface area contributed by atoms with Crippen molar-refractivity contribution in [3.05, 3.63) is 16.6 Å². The second-order valence-corrected chi connectivity index (χ2v) is 5.91. The fraction of sp³-hybridized carbons (Fsp3) is 0.667. The average molecular weight is 269 g/mol. The number of ether oxygens (including phenoxy) is 1. The molecule has 0 radical (unpaired) electrons. The zero-order valence-electron chi connectivity index (χ0n) is 10.7. The molecule has 2 heterocycles. The molecule has 6 heteroatoms. The van der Waals surface area contributed by atoms with E-state index in [9.17, 15) is 4.79 Å². The highest BCUT2D eigenvalue weighted by atomic mass is 32.1. The molecule has 1 fully saturated rings. The molecule has 0 aliphatic carbocycles. The molecule has 1 aliphatic heterocycles. The van der Waals surface area contributed by atoms with Crippen LogP contribution in [0.3, 0.4) is 0 Å². The Bertz CT molecular complexity index is 405. The SMILES string of the molecule is CC(C)(NC(=O)C1CCC(CN)O1)c1nccs1. The van der Waals surface area contributed by atoms with Crippen molar-refractivity contribution in [1.82, 2.24) is 10.3 Å². The zero-order valence-corrected chi connectivity index (χ0v) is 11.5. The maximum Gasteiger partial charge on any atom is 0.249 e. The summed E-state index contributed by atoms with van der Waals surface area (Å²) >= 11 is 1.53. The summed E-state index contributed by atoms with van der Waals surface area (Å²) in [6.07, 6.45) is 2.97. The summed E-state index contributed by atoms with van der Waals surface area (Å²) in [4.78, 5) is 16.4. The molecule has 1 aliphatic rings. The average Bonchev–Trinajstić information content (AvgIpc) is 3.00. The van der Waals surface area contributed by atoms with E-state index < -0.39 is 5.54 Å². The molecule has 1 aromatic heterocycles. The zero-order chi connectivity index (χ0) is 13.2. The van der Waals surface area contributed by atoms with E-state index in [2.05, 4.69) is 10.3 Å². The molecule has 2 rings (SSSR count). The van der Waals surface area contributed by atoms with Crippen LogP contribution in [0.1, 0.15) is 31.7 Å². The molecule has 18 heavy (non-hydrogen) atoms. The molecule has 2 atom stereocenters. The minimum Gasteiger partial charge on any atom is -0.364 e. The van der Waals surface area contributed by atoms with Gasteiger partial charge in [-0.1, -0.05) is 0 Å². The Balaban J connectivity index is 1.95. The van der Waals surface area contributed by atoms with Crippen molar-refractivity contribution in [3.63, 3.8) is 0 Å². The summed E-state index contributed by atoms with van der Waals surface area (Å²) in [6, 6.07) is 0. The van der Waals surface area contributed by atoms with Crippen LogP contribution in [0.15, 0.2) is 11.6 Å². The molecule has 0 spiro atoms. The van der Waals surface area contributed by atoms with Gasteiger partial charge in [-0.3, -0.25) is 4.79 Å². The summed E-state index contributed by atoms with van der Waals surface area (Å²) in [5, 5.41) is 5.78. The molecule has 1 aromatic rings. The van der Waals surface area contributed by atoms with Gasteiger partial charge in [0.2, 0.25) is 5.91 Å². The van der Waals surface area contributed by atoms with Crippen molar-refractivity contribution in [2.24, 2.45) is 5.73 Å². The van der Waals surface area contributed by atoms with E-state index in [0.717, 1.165) is 17.8 Å². The van der Waals surface area contributed by atoms with Crippen LogP contribution in [0.2, 0.25) is 0 Å². The van der Waals surface area contributed by atoms with Gasteiger partial charge in [0.05, 0.1) is 11.6 Å². The lowest BCUT2D eigenvalue weighted by molar-refractivity contribution is -0.133. The van der Waals surface area contributed by atoms with Gasteiger partial charge >= 0.3 is 0 Å². The summed E-state index contributed by atoms with van der Waals surface area (Å²) in [5.41, 5.74) is 5.07. The number of amides is 1. The lowest BCUT2D eigenvalue weighted by Gasteiger charge is -2.25. The highest BCUT2D eigenvalue weighted by Gasteiger charge is 2.34. The number of aromatic nitrogens is 1. The third kappa shape index (κ3) is 2.88. The summed E-state index contributed by atoms with van der Waals surface area (Å²) in [5.74, 6) is -0.0776. The fourth-order valence-corrected chi connectivity index (χ4v) is 2.76. The third-order valence-corrected chi connectivity index (χ3v) is 4.16. The molecule has 0 aromatic carbocycles. The minimum absolute atomic E-state index is 0.0173. The van der Waals surface area contributed by atoms with E-state index in [0.29, 0.717) is 6.54 Å². The summed E-state index contributed by atoms with van der Waals surface area (Å²) in [6.45, 7) is 4.36. The molecule has 0 saturated carbocycles. The van der Waals surface area contributed by atoms with Crippen molar-refractivity contribution in [1.29, 1.82) is 0 Å². The van der Waals surface area contributed by atoms with Gasteiger partial charge in [0.25, 0.3) is 0 Å². The molecule has 1 amide bonds. The van der Waals surface area contributed by atoms with Gasteiger partial charge in [0.1, 0.15) is 11.1 Å². The van der Waals surface area contributed by atoms with Crippen molar-refractivity contribution in [2.75, 3.05) is 6.54 Å². The van der Waals surface area contributed by atoms with Crippen LogP contribution in [-0.4, -0.2) is 29.6 Å². The molecule has 1 saturated heterocycles. The second kappa shape index (κ2) is 5.34. The Morgan fingerprint density at radius 1 is 1.67 bits per heavy atom. The number of hydrogen-bond acceptors (Lipinski definition) is 5. The highest BCUT2D eigenvalue weighted by molar-refractivity contribution is 7.09. The summed E-state index contributed by atoms with van der Waals surface area (Å²) < 4.78 is 5.58. The Morgan fingerprint density at radius 2 is 2.44 bits per heavy atom. The van der Waals surface area contributed by atoms with Crippen molar-refractivity contribution in [3.8, 4) is 0 Å². The first-order chi connectivity index (χ1) is 8.53. The van der Waals surface area contributed by atoms with Gasteiger partial charge in [0.15, 0.2) is 0 Å². The van der Waals surface area contributed by atoms with Gasteiger partial charge in [-0.2, -0.15) is 0 Å². The van der Waals surface area contributed by atoms with Gasteiger partial charge in [-0.25, -0.2) is 4.98 Å². The Morgan fingerprint density at radius 3 is 3.00 bits per heavy atom. The number of nitrogens with two attached hydrogens (primary N) is 1. The van der Waals surface area contributed by atoms with Gasteiger partial charge in [-0.05, 0) is 26.7 Å². The topological polar surface area (TPSA) is 77.2 Å². The number of carbonyl (C=O) groups excluding carboxylic acids is 1.